The Hall–Kier alpha value is -1.03. The second-order valence-electron chi connectivity index (χ2n) is 3.83. The van der Waals surface area contributed by atoms with Gasteiger partial charge in [-0.3, -0.25) is 0 Å². The molecule has 0 amide bonds. The summed E-state index contributed by atoms with van der Waals surface area (Å²) in [6, 6.07) is 5.36. The van der Waals surface area contributed by atoms with Gasteiger partial charge in [0.15, 0.2) is 0 Å². The van der Waals surface area contributed by atoms with Crippen LogP contribution < -0.4 is 5.73 Å². The Labute approximate surface area is 120 Å². The van der Waals surface area contributed by atoms with E-state index in [1.807, 2.05) is 6.92 Å². The van der Waals surface area contributed by atoms with Crippen LogP contribution in [0.25, 0.3) is 0 Å². The maximum atomic E-state index is 6.12. The average Bonchev–Trinajstić information content (AvgIpc) is 2.30. The van der Waals surface area contributed by atoms with Crippen molar-refractivity contribution in [3.8, 4) is 0 Å². The third-order valence-electron chi connectivity index (χ3n) is 2.66. The second-order valence-corrected chi connectivity index (χ2v) is 4.98. The number of benzene rings is 1. The first-order valence-electron chi connectivity index (χ1n) is 5.20. The van der Waals surface area contributed by atoms with Crippen LogP contribution in [0.4, 0.5) is 5.82 Å². The number of hydrogen-bond acceptors (Lipinski definition) is 3. The molecule has 2 N–H and O–H groups in total. The van der Waals surface area contributed by atoms with Gasteiger partial charge in [-0.05, 0) is 36.2 Å². The summed E-state index contributed by atoms with van der Waals surface area (Å²) < 4.78 is 0. The van der Waals surface area contributed by atoms with Gasteiger partial charge in [0.25, 0.3) is 0 Å². The van der Waals surface area contributed by atoms with Crippen LogP contribution in [0.5, 0.6) is 0 Å². The Morgan fingerprint density at radius 2 is 1.72 bits per heavy atom. The second kappa shape index (κ2) is 5.31. The number of nitrogens with zero attached hydrogens (tertiary/aromatic N) is 2. The number of aromatic nitrogens is 2. The lowest BCUT2D eigenvalue weighted by molar-refractivity contribution is 1.00. The molecule has 0 atom stereocenters. The van der Waals surface area contributed by atoms with Crippen LogP contribution >= 0.6 is 34.8 Å². The first-order chi connectivity index (χ1) is 8.49. The molecular formula is C12H10Cl3N3. The van der Waals surface area contributed by atoms with Crippen molar-refractivity contribution in [2.24, 2.45) is 0 Å². The van der Waals surface area contributed by atoms with E-state index in [2.05, 4.69) is 9.97 Å². The SMILES string of the molecule is Cc1c(N)nc(Cl)nc1Cc1c(Cl)cccc1Cl. The Bertz CT molecular complexity index is 579. The summed E-state index contributed by atoms with van der Waals surface area (Å²) in [5.41, 5.74) is 8.07. The average molecular weight is 303 g/mol. The van der Waals surface area contributed by atoms with Crippen molar-refractivity contribution >= 4 is 40.6 Å². The fourth-order valence-corrected chi connectivity index (χ4v) is 2.32. The molecule has 3 nitrogen and oxygen atoms in total. The minimum atomic E-state index is 0.122. The van der Waals surface area contributed by atoms with Gasteiger partial charge >= 0.3 is 0 Å². The summed E-state index contributed by atoms with van der Waals surface area (Å²) >= 11 is 18.0. The van der Waals surface area contributed by atoms with Gasteiger partial charge in [0.2, 0.25) is 5.28 Å². The summed E-state index contributed by atoms with van der Waals surface area (Å²) in [6.07, 6.45) is 0.469. The molecule has 0 saturated carbocycles. The molecular weight excluding hydrogens is 293 g/mol. The molecule has 18 heavy (non-hydrogen) atoms. The van der Waals surface area contributed by atoms with E-state index in [9.17, 15) is 0 Å². The van der Waals surface area contributed by atoms with Crippen molar-refractivity contribution in [1.29, 1.82) is 0 Å². The summed E-state index contributed by atoms with van der Waals surface area (Å²) in [4.78, 5) is 8.05. The van der Waals surface area contributed by atoms with Gasteiger partial charge in [-0.15, -0.1) is 0 Å². The molecule has 0 spiro atoms. The molecule has 6 heteroatoms. The maximum absolute atomic E-state index is 6.12. The summed E-state index contributed by atoms with van der Waals surface area (Å²) in [5, 5.41) is 1.31. The smallest absolute Gasteiger partial charge is 0.224 e. The molecule has 0 aliphatic carbocycles. The fraction of sp³-hybridized carbons (Fsp3) is 0.167. The molecule has 0 bridgehead atoms. The number of nitrogens with two attached hydrogens (primary N) is 1. The molecule has 2 rings (SSSR count). The molecule has 2 aromatic rings. The van der Waals surface area contributed by atoms with E-state index in [1.54, 1.807) is 18.2 Å². The minimum Gasteiger partial charge on any atom is -0.383 e. The zero-order chi connectivity index (χ0) is 13.3. The van der Waals surface area contributed by atoms with E-state index in [4.69, 9.17) is 40.5 Å². The monoisotopic (exact) mass is 301 g/mol. The molecule has 0 aliphatic rings. The number of anilines is 1. The molecule has 0 unspecified atom stereocenters. The first kappa shape index (κ1) is 13.4. The van der Waals surface area contributed by atoms with Gasteiger partial charge in [-0.2, -0.15) is 0 Å². The summed E-state index contributed by atoms with van der Waals surface area (Å²) in [5.74, 6) is 0.369. The van der Waals surface area contributed by atoms with Crippen LogP contribution in [0.15, 0.2) is 18.2 Å². The quantitative estimate of drug-likeness (QED) is 0.855. The Morgan fingerprint density at radius 3 is 2.33 bits per heavy atom. The molecule has 1 aromatic heterocycles. The lowest BCUT2D eigenvalue weighted by atomic mass is 10.1. The number of halogens is 3. The predicted molar refractivity (Wildman–Crippen MR) is 75.5 cm³/mol. The topological polar surface area (TPSA) is 51.8 Å². The predicted octanol–water partition coefficient (Wildman–Crippen LogP) is 3.92. The molecule has 1 aromatic carbocycles. The first-order valence-corrected chi connectivity index (χ1v) is 6.34. The van der Waals surface area contributed by atoms with E-state index >= 15 is 0 Å². The molecule has 1 heterocycles. The lowest BCUT2D eigenvalue weighted by Gasteiger charge is -2.10. The van der Waals surface area contributed by atoms with E-state index in [0.29, 0.717) is 22.3 Å². The van der Waals surface area contributed by atoms with Crippen LogP contribution in [0.3, 0.4) is 0 Å². The highest BCUT2D eigenvalue weighted by molar-refractivity contribution is 6.36. The van der Waals surface area contributed by atoms with Crippen LogP contribution in [0.1, 0.15) is 16.8 Å². The molecule has 0 aliphatic heterocycles. The van der Waals surface area contributed by atoms with Crippen LogP contribution in [-0.4, -0.2) is 9.97 Å². The number of hydrogen-bond donors (Lipinski definition) is 1. The normalized spacial score (nSPS) is 10.7. The lowest BCUT2D eigenvalue weighted by Crippen LogP contribution is -2.04. The molecule has 0 fully saturated rings. The zero-order valence-corrected chi connectivity index (χ0v) is 11.8. The van der Waals surface area contributed by atoms with E-state index in [1.165, 1.54) is 0 Å². The Balaban J connectivity index is 2.46. The fourth-order valence-electron chi connectivity index (χ4n) is 1.59. The van der Waals surface area contributed by atoms with Gasteiger partial charge in [0, 0.05) is 22.0 Å². The Kier molecular flexibility index (Phi) is 3.95. The van der Waals surface area contributed by atoms with Gasteiger partial charge < -0.3 is 5.73 Å². The van der Waals surface area contributed by atoms with Gasteiger partial charge in [-0.1, -0.05) is 29.3 Å². The van der Waals surface area contributed by atoms with Gasteiger partial charge in [0.05, 0.1) is 5.69 Å². The van der Waals surface area contributed by atoms with Crippen molar-refractivity contribution in [3.05, 3.63) is 50.3 Å². The van der Waals surface area contributed by atoms with E-state index in [-0.39, 0.29) is 5.28 Å². The van der Waals surface area contributed by atoms with Crippen LogP contribution in [0.2, 0.25) is 15.3 Å². The van der Waals surface area contributed by atoms with E-state index < -0.39 is 0 Å². The molecule has 94 valence electrons. The third-order valence-corrected chi connectivity index (χ3v) is 3.54. The maximum Gasteiger partial charge on any atom is 0.224 e. The highest BCUT2D eigenvalue weighted by atomic mass is 35.5. The minimum absolute atomic E-state index is 0.122. The highest BCUT2D eigenvalue weighted by Crippen LogP contribution is 2.28. The largest absolute Gasteiger partial charge is 0.383 e. The molecule has 0 saturated heterocycles. The highest BCUT2D eigenvalue weighted by Gasteiger charge is 2.12. The zero-order valence-electron chi connectivity index (χ0n) is 9.54. The van der Waals surface area contributed by atoms with Crippen molar-refractivity contribution in [3.63, 3.8) is 0 Å². The van der Waals surface area contributed by atoms with Crippen LogP contribution in [0, 0.1) is 6.92 Å². The van der Waals surface area contributed by atoms with Gasteiger partial charge in [-0.25, -0.2) is 9.97 Å². The number of nitrogen functional groups attached to an aromatic ring is 1. The van der Waals surface area contributed by atoms with Crippen molar-refractivity contribution < 1.29 is 0 Å². The summed E-state index contributed by atoms with van der Waals surface area (Å²) in [6.45, 7) is 1.84. The molecule has 0 radical (unpaired) electrons. The summed E-state index contributed by atoms with van der Waals surface area (Å²) in [7, 11) is 0. The van der Waals surface area contributed by atoms with Crippen LogP contribution in [-0.2, 0) is 6.42 Å². The standard InChI is InChI=1S/C12H10Cl3N3/c1-6-10(17-12(15)18-11(6)16)5-7-8(13)3-2-4-9(7)14/h2-4H,5H2,1H3,(H2,16,17,18). The van der Waals surface area contributed by atoms with Gasteiger partial charge in [0.1, 0.15) is 5.82 Å². The van der Waals surface area contributed by atoms with Crippen molar-refractivity contribution in [1.82, 2.24) is 9.97 Å². The number of rotatable bonds is 2. The van der Waals surface area contributed by atoms with Crippen molar-refractivity contribution in [2.75, 3.05) is 5.73 Å². The van der Waals surface area contributed by atoms with E-state index in [0.717, 1.165) is 16.8 Å². The van der Waals surface area contributed by atoms with Crippen molar-refractivity contribution in [2.45, 2.75) is 13.3 Å². The third kappa shape index (κ3) is 2.69. The Morgan fingerprint density at radius 1 is 1.11 bits per heavy atom.